The van der Waals surface area contributed by atoms with Crippen LogP contribution in [-0.4, -0.2) is 8.07 Å². The van der Waals surface area contributed by atoms with Gasteiger partial charge in [-0.2, -0.15) is 0 Å². The highest BCUT2D eigenvalue weighted by atomic mass is 35.5. The molecule has 0 N–H and O–H groups in total. The van der Waals surface area contributed by atoms with Crippen LogP contribution in [0.15, 0.2) is 133 Å². The van der Waals surface area contributed by atoms with E-state index in [0.717, 1.165) is 33.2 Å². The van der Waals surface area contributed by atoms with Crippen LogP contribution in [-0.2, 0) is 0 Å². The van der Waals surface area contributed by atoms with E-state index in [2.05, 4.69) is 139 Å². The molecule has 0 atom stereocenters. The average Bonchev–Trinajstić information content (AvgIpc) is 2.91. The summed E-state index contributed by atoms with van der Waals surface area (Å²) in [6, 6.07) is 46.9. The van der Waals surface area contributed by atoms with E-state index in [9.17, 15) is 0 Å². The summed E-state index contributed by atoms with van der Waals surface area (Å²) in [6.07, 6.45) is 0. The molecule has 3 heteroatoms. The third kappa shape index (κ3) is 4.68. The van der Waals surface area contributed by atoms with Crippen LogP contribution < -0.4 is 15.3 Å². The Morgan fingerprint density at radius 1 is 0.543 bits per heavy atom. The van der Waals surface area contributed by atoms with Crippen LogP contribution in [0.25, 0.3) is 11.1 Å². The fourth-order valence-electron chi connectivity index (χ4n) is 4.66. The summed E-state index contributed by atoms with van der Waals surface area (Å²) >= 11 is 7.16. The molecule has 5 aromatic carbocycles. The zero-order valence-corrected chi connectivity index (χ0v) is 21.8. The van der Waals surface area contributed by atoms with Crippen molar-refractivity contribution in [2.24, 2.45) is 0 Å². The van der Waals surface area contributed by atoms with Gasteiger partial charge in [-0.15, -0.1) is 0 Å². The molecule has 172 valence electrons. The van der Waals surface area contributed by atoms with Crippen molar-refractivity contribution in [3.63, 3.8) is 0 Å². The van der Waals surface area contributed by atoms with Crippen LogP contribution in [0.2, 0.25) is 18.1 Å². The van der Waals surface area contributed by atoms with Gasteiger partial charge in [0.15, 0.2) is 0 Å². The monoisotopic (exact) mass is 489 g/mol. The first-order chi connectivity index (χ1) is 17.1. The molecular formula is C32H28ClNSi. The van der Waals surface area contributed by atoms with Gasteiger partial charge in [0, 0.05) is 27.6 Å². The number of benzene rings is 5. The Hall–Kier alpha value is -3.59. The van der Waals surface area contributed by atoms with Crippen LogP contribution in [0.4, 0.5) is 17.1 Å². The van der Waals surface area contributed by atoms with E-state index in [4.69, 9.17) is 11.6 Å². The van der Waals surface area contributed by atoms with Crippen molar-refractivity contribution in [1.29, 1.82) is 0 Å². The standard InChI is InChI=1S/C32H28ClNSi/c1-35(2,29-20-10-5-11-21-29)31-23-13-22-30(32(31)33)25-14-12-19-28(24-25)34(26-15-6-3-7-16-26)27-17-8-4-9-18-27/h3-24H,1-2H3. The molecule has 0 fully saturated rings. The number of halogens is 1. The van der Waals surface area contributed by atoms with E-state index < -0.39 is 8.07 Å². The predicted octanol–water partition coefficient (Wildman–Crippen LogP) is 8.30. The van der Waals surface area contributed by atoms with Crippen LogP contribution in [0, 0.1) is 0 Å². The molecule has 5 aromatic rings. The second kappa shape index (κ2) is 9.95. The Labute approximate surface area is 214 Å². The lowest BCUT2D eigenvalue weighted by Crippen LogP contribution is -2.53. The quantitative estimate of drug-likeness (QED) is 0.217. The maximum Gasteiger partial charge on any atom is 0.114 e. The lowest BCUT2D eigenvalue weighted by atomic mass is 10.0. The van der Waals surface area contributed by atoms with Gasteiger partial charge in [0.25, 0.3) is 0 Å². The molecule has 0 amide bonds. The van der Waals surface area contributed by atoms with Gasteiger partial charge in [-0.3, -0.25) is 0 Å². The molecule has 35 heavy (non-hydrogen) atoms. The SMILES string of the molecule is C[Si](C)(c1ccccc1)c1cccc(-c2cccc(N(c3ccccc3)c3ccccc3)c2)c1Cl. The van der Waals surface area contributed by atoms with E-state index in [1.165, 1.54) is 10.4 Å². The number of nitrogens with zero attached hydrogens (tertiary/aromatic N) is 1. The fourth-order valence-corrected chi connectivity index (χ4v) is 8.14. The lowest BCUT2D eigenvalue weighted by Gasteiger charge is -2.27. The van der Waals surface area contributed by atoms with Crippen molar-refractivity contribution in [3.05, 3.63) is 138 Å². The summed E-state index contributed by atoms with van der Waals surface area (Å²) in [5.74, 6) is 0. The second-order valence-corrected chi connectivity index (χ2v) is 14.0. The van der Waals surface area contributed by atoms with Gasteiger partial charge in [0.05, 0.1) is 0 Å². The molecule has 0 unspecified atom stereocenters. The van der Waals surface area contributed by atoms with Crippen LogP contribution in [0.3, 0.4) is 0 Å². The highest BCUT2D eigenvalue weighted by molar-refractivity contribution is 7.01. The fraction of sp³-hybridized carbons (Fsp3) is 0.0625. The molecule has 1 nitrogen and oxygen atoms in total. The first-order valence-electron chi connectivity index (χ1n) is 11.9. The highest BCUT2D eigenvalue weighted by Gasteiger charge is 2.29. The number of hydrogen-bond acceptors (Lipinski definition) is 1. The van der Waals surface area contributed by atoms with Gasteiger partial charge in [-0.05, 0) is 47.1 Å². The molecule has 0 bridgehead atoms. The minimum Gasteiger partial charge on any atom is -0.310 e. The Morgan fingerprint density at radius 3 is 1.66 bits per heavy atom. The van der Waals surface area contributed by atoms with Gasteiger partial charge in [0.1, 0.15) is 8.07 Å². The molecule has 0 aliphatic heterocycles. The molecule has 0 saturated heterocycles. The van der Waals surface area contributed by atoms with Crippen LogP contribution in [0.5, 0.6) is 0 Å². The summed E-state index contributed by atoms with van der Waals surface area (Å²) in [4.78, 5) is 2.28. The smallest absolute Gasteiger partial charge is 0.114 e. The average molecular weight is 490 g/mol. The Morgan fingerprint density at radius 2 is 1.06 bits per heavy atom. The summed E-state index contributed by atoms with van der Waals surface area (Å²) < 4.78 is 0. The van der Waals surface area contributed by atoms with Crippen molar-refractivity contribution >= 4 is 47.1 Å². The van der Waals surface area contributed by atoms with E-state index in [1.54, 1.807) is 0 Å². The number of hydrogen-bond donors (Lipinski definition) is 0. The Kier molecular flexibility index (Phi) is 6.58. The molecule has 5 rings (SSSR count). The minimum atomic E-state index is -1.95. The predicted molar refractivity (Wildman–Crippen MR) is 155 cm³/mol. The van der Waals surface area contributed by atoms with Crippen molar-refractivity contribution in [2.45, 2.75) is 13.1 Å². The van der Waals surface area contributed by atoms with E-state index in [0.29, 0.717) is 0 Å². The molecule has 0 aromatic heterocycles. The van der Waals surface area contributed by atoms with Crippen LogP contribution in [0.1, 0.15) is 0 Å². The van der Waals surface area contributed by atoms with Crippen molar-refractivity contribution in [1.82, 2.24) is 0 Å². The van der Waals surface area contributed by atoms with Gasteiger partial charge >= 0.3 is 0 Å². The number of para-hydroxylation sites is 2. The molecule has 0 heterocycles. The van der Waals surface area contributed by atoms with Crippen molar-refractivity contribution in [3.8, 4) is 11.1 Å². The Bertz CT molecular complexity index is 1380. The zero-order chi connectivity index (χ0) is 24.3. The summed E-state index contributed by atoms with van der Waals surface area (Å²) in [6.45, 7) is 4.74. The maximum absolute atomic E-state index is 7.16. The zero-order valence-electron chi connectivity index (χ0n) is 20.0. The van der Waals surface area contributed by atoms with Gasteiger partial charge < -0.3 is 4.90 Å². The molecule has 0 saturated carbocycles. The normalized spacial score (nSPS) is 11.3. The summed E-state index contributed by atoms with van der Waals surface area (Å²) in [5.41, 5.74) is 5.52. The summed E-state index contributed by atoms with van der Waals surface area (Å²) in [7, 11) is -1.95. The largest absolute Gasteiger partial charge is 0.310 e. The second-order valence-electron chi connectivity index (χ2n) is 9.21. The van der Waals surface area contributed by atoms with Gasteiger partial charge in [-0.1, -0.05) is 127 Å². The number of rotatable bonds is 6. The van der Waals surface area contributed by atoms with E-state index in [1.807, 2.05) is 12.1 Å². The molecule has 0 aliphatic rings. The van der Waals surface area contributed by atoms with Gasteiger partial charge in [-0.25, -0.2) is 0 Å². The molecule has 0 radical (unpaired) electrons. The van der Waals surface area contributed by atoms with E-state index in [-0.39, 0.29) is 0 Å². The van der Waals surface area contributed by atoms with Crippen molar-refractivity contribution < 1.29 is 0 Å². The lowest BCUT2D eigenvalue weighted by molar-refractivity contribution is 1.28. The third-order valence-electron chi connectivity index (χ3n) is 6.61. The van der Waals surface area contributed by atoms with E-state index >= 15 is 0 Å². The summed E-state index contributed by atoms with van der Waals surface area (Å²) in [5, 5.41) is 3.50. The van der Waals surface area contributed by atoms with Crippen molar-refractivity contribution in [2.75, 3.05) is 4.90 Å². The van der Waals surface area contributed by atoms with Crippen LogP contribution >= 0.6 is 11.6 Å². The number of anilines is 3. The Balaban J connectivity index is 1.61. The molecule has 0 spiro atoms. The molecular weight excluding hydrogens is 462 g/mol. The minimum absolute atomic E-state index is 0.858. The first-order valence-corrected chi connectivity index (χ1v) is 15.3. The maximum atomic E-state index is 7.16. The molecule has 0 aliphatic carbocycles. The third-order valence-corrected chi connectivity index (χ3v) is 10.7. The first kappa shape index (κ1) is 23.2. The highest BCUT2D eigenvalue weighted by Crippen LogP contribution is 2.37. The topological polar surface area (TPSA) is 3.24 Å². The van der Waals surface area contributed by atoms with Gasteiger partial charge in [0.2, 0.25) is 0 Å².